The van der Waals surface area contributed by atoms with Crippen molar-refractivity contribution < 1.29 is 19.1 Å². The molecule has 0 atom stereocenters. The van der Waals surface area contributed by atoms with E-state index in [9.17, 15) is 9.59 Å². The molecule has 3 N–H and O–H groups in total. The number of nitrogens with zero attached hydrogens (tertiary/aromatic N) is 1. The van der Waals surface area contributed by atoms with Gasteiger partial charge in [-0.2, -0.15) is 0 Å². The number of hydrogen-bond acceptors (Lipinski definition) is 7. The van der Waals surface area contributed by atoms with Crippen LogP contribution in [0.1, 0.15) is 12.6 Å². The molecule has 2 aromatic carbocycles. The first kappa shape index (κ1) is 21.1. The van der Waals surface area contributed by atoms with Gasteiger partial charge in [0.15, 0.2) is 5.13 Å². The van der Waals surface area contributed by atoms with E-state index in [1.165, 1.54) is 18.3 Å². The van der Waals surface area contributed by atoms with Crippen molar-refractivity contribution in [2.75, 3.05) is 30.2 Å². The van der Waals surface area contributed by atoms with Gasteiger partial charge in [-0.3, -0.25) is 9.59 Å². The first-order valence-corrected chi connectivity index (χ1v) is 9.95. The van der Waals surface area contributed by atoms with Gasteiger partial charge in [0.1, 0.15) is 11.5 Å². The van der Waals surface area contributed by atoms with Gasteiger partial charge < -0.3 is 25.4 Å². The van der Waals surface area contributed by atoms with Gasteiger partial charge >= 0.3 is 0 Å². The van der Waals surface area contributed by atoms with Crippen molar-refractivity contribution in [2.24, 2.45) is 0 Å². The van der Waals surface area contributed by atoms with Crippen LogP contribution in [0.4, 0.5) is 22.2 Å². The van der Waals surface area contributed by atoms with Gasteiger partial charge in [-0.25, -0.2) is 4.98 Å². The highest BCUT2D eigenvalue weighted by Crippen LogP contribution is 2.32. The van der Waals surface area contributed by atoms with Crippen LogP contribution in [0.15, 0.2) is 47.8 Å². The quantitative estimate of drug-likeness (QED) is 0.502. The van der Waals surface area contributed by atoms with Crippen LogP contribution in [0.5, 0.6) is 11.5 Å². The largest absolute Gasteiger partial charge is 0.497 e. The predicted molar refractivity (Wildman–Crippen MR) is 118 cm³/mol. The second-order valence-corrected chi connectivity index (χ2v) is 7.18. The monoisotopic (exact) mass is 426 g/mol. The second kappa shape index (κ2) is 9.75. The molecule has 0 aliphatic carbocycles. The zero-order valence-corrected chi connectivity index (χ0v) is 17.6. The van der Waals surface area contributed by atoms with Gasteiger partial charge in [0.05, 0.1) is 32.0 Å². The summed E-state index contributed by atoms with van der Waals surface area (Å²) in [4.78, 5) is 28.0. The fourth-order valence-corrected chi connectivity index (χ4v) is 3.44. The molecule has 0 fully saturated rings. The van der Waals surface area contributed by atoms with Gasteiger partial charge in [0, 0.05) is 29.7 Å². The minimum Gasteiger partial charge on any atom is -0.497 e. The first-order chi connectivity index (χ1) is 14.5. The summed E-state index contributed by atoms with van der Waals surface area (Å²) in [6.45, 7) is 1.43. The average molecular weight is 426 g/mol. The Morgan fingerprint density at radius 3 is 2.50 bits per heavy atom. The number of methoxy groups -OCH3 is 2. The van der Waals surface area contributed by atoms with Crippen LogP contribution in [0.3, 0.4) is 0 Å². The molecule has 156 valence electrons. The maximum absolute atomic E-state index is 12.4. The van der Waals surface area contributed by atoms with Gasteiger partial charge in [-0.15, -0.1) is 11.3 Å². The van der Waals surface area contributed by atoms with Crippen molar-refractivity contribution >= 4 is 45.3 Å². The predicted octanol–water partition coefficient (Wildman–Crippen LogP) is 4.04. The molecule has 1 aromatic heterocycles. The van der Waals surface area contributed by atoms with Crippen molar-refractivity contribution in [1.82, 2.24) is 4.98 Å². The number of benzene rings is 2. The van der Waals surface area contributed by atoms with Crippen LogP contribution in [-0.4, -0.2) is 31.0 Å². The molecule has 0 bridgehead atoms. The molecule has 0 unspecified atom stereocenters. The van der Waals surface area contributed by atoms with E-state index in [0.29, 0.717) is 33.7 Å². The number of carbonyl (C=O) groups excluding carboxylic acids is 2. The fraction of sp³-hybridized carbons (Fsp3) is 0.190. The number of hydrogen-bond donors (Lipinski definition) is 3. The van der Waals surface area contributed by atoms with Crippen molar-refractivity contribution in [1.29, 1.82) is 0 Å². The standard InChI is InChI=1S/C21H22N4O4S/c1-13(26)22-14-5-4-6-15(9-14)23-20(27)10-16-12-30-21(24-16)25-18-11-17(28-2)7-8-19(18)29-3/h4-9,11-12H,10H2,1-3H3,(H,22,26)(H,23,27)(H,24,25). The summed E-state index contributed by atoms with van der Waals surface area (Å²) >= 11 is 1.39. The normalized spacial score (nSPS) is 10.2. The van der Waals surface area contributed by atoms with E-state index < -0.39 is 0 Å². The lowest BCUT2D eigenvalue weighted by Crippen LogP contribution is -2.15. The number of carbonyl (C=O) groups is 2. The fourth-order valence-electron chi connectivity index (χ4n) is 2.72. The molecule has 0 aliphatic rings. The molecule has 0 saturated heterocycles. The Hall–Kier alpha value is -3.59. The zero-order valence-electron chi connectivity index (χ0n) is 16.8. The van der Waals surface area contributed by atoms with Crippen molar-refractivity contribution in [2.45, 2.75) is 13.3 Å². The summed E-state index contributed by atoms with van der Waals surface area (Å²) in [5.74, 6) is 0.972. The molecular formula is C21H22N4O4S. The lowest BCUT2D eigenvalue weighted by atomic mass is 10.2. The SMILES string of the molecule is COc1ccc(OC)c(Nc2nc(CC(=O)Nc3cccc(NC(C)=O)c3)cs2)c1. The summed E-state index contributed by atoms with van der Waals surface area (Å²) in [6, 6.07) is 12.4. The maximum atomic E-state index is 12.4. The Morgan fingerprint density at radius 2 is 1.80 bits per heavy atom. The van der Waals surface area contributed by atoms with Crippen LogP contribution >= 0.6 is 11.3 Å². The number of aromatic nitrogens is 1. The number of ether oxygens (including phenoxy) is 2. The highest BCUT2D eigenvalue weighted by Gasteiger charge is 2.11. The van der Waals surface area contributed by atoms with Gasteiger partial charge in [0.2, 0.25) is 11.8 Å². The third-order valence-corrected chi connectivity index (χ3v) is 4.81. The summed E-state index contributed by atoms with van der Waals surface area (Å²) in [6.07, 6.45) is 0.123. The van der Waals surface area contributed by atoms with Crippen molar-refractivity contribution in [3.05, 3.63) is 53.5 Å². The lowest BCUT2D eigenvalue weighted by molar-refractivity contribution is -0.116. The second-order valence-electron chi connectivity index (χ2n) is 6.32. The Bertz CT molecular complexity index is 1050. The summed E-state index contributed by atoms with van der Waals surface area (Å²) in [5, 5.41) is 11.2. The third-order valence-electron chi connectivity index (χ3n) is 4.01. The van der Waals surface area contributed by atoms with Crippen molar-refractivity contribution in [3.63, 3.8) is 0 Å². The highest BCUT2D eigenvalue weighted by molar-refractivity contribution is 7.13. The van der Waals surface area contributed by atoms with Crippen molar-refractivity contribution in [3.8, 4) is 11.5 Å². The number of anilines is 4. The molecule has 0 aliphatic heterocycles. The average Bonchev–Trinajstić information content (AvgIpc) is 3.14. The van der Waals surface area contributed by atoms with E-state index in [2.05, 4.69) is 20.9 Å². The van der Waals surface area contributed by atoms with Gasteiger partial charge in [-0.1, -0.05) is 6.07 Å². The summed E-state index contributed by atoms with van der Waals surface area (Å²) in [7, 11) is 3.18. The molecule has 3 aromatic rings. The number of amides is 2. The van der Waals surface area contributed by atoms with E-state index in [0.717, 1.165) is 5.69 Å². The number of nitrogens with one attached hydrogen (secondary N) is 3. The third kappa shape index (κ3) is 5.71. The minimum atomic E-state index is -0.203. The van der Waals surface area contributed by atoms with E-state index in [1.807, 2.05) is 17.5 Å². The Morgan fingerprint density at radius 1 is 1.03 bits per heavy atom. The smallest absolute Gasteiger partial charge is 0.230 e. The van der Waals surface area contributed by atoms with E-state index in [-0.39, 0.29) is 18.2 Å². The van der Waals surface area contributed by atoms with Gasteiger partial charge in [0.25, 0.3) is 0 Å². The Kier molecular flexibility index (Phi) is 6.87. The lowest BCUT2D eigenvalue weighted by Gasteiger charge is -2.10. The Labute approximate surface area is 178 Å². The molecule has 0 saturated carbocycles. The van der Waals surface area contributed by atoms with E-state index in [1.54, 1.807) is 44.6 Å². The molecule has 8 nitrogen and oxygen atoms in total. The molecule has 3 rings (SSSR count). The summed E-state index contributed by atoms with van der Waals surface area (Å²) < 4.78 is 10.6. The molecule has 30 heavy (non-hydrogen) atoms. The maximum Gasteiger partial charge on any atom is 0.230 e. The molecule has 9 heteroatoms. The van der Waals surface area contributed by atoms with Crippen LogP contribution < -0.4 is 25.4 Å². The molecule has 1 heterocycles. The molecule has 0 spiro atoms. The number of rotatable bonds is 8. The van der Waals surface area contributed by atoms with Gasteiger partial charge in [-0.05, 0) is 30.3 Å². The first-order valence-electron chi connectivity index (χ1n) is 9.08. The molecule has 0 radical (unpaired) electrons. The van der Waals surface area contributed by atoms with E-state index in [4.69, 9.17) is 9.47 Å². The molecule has 2 amide bonds. The Balaban J connectivity index is 1.63. The molecular weight excluding hydrogens is 404 g/mol. The van der Waals surface area contributed by atoms with E-state index >= 15 is 0 Å². The topological polar surface area (TPSA) is 102 Å². The van der Waals surface area contributed by atoms with Crippen LogP contribution in [0, 0.1) is 0 Å². The van der Waals surface area contributed by atoms with Crippen LogP contribution in [0.2, 0.25) is 0 Å². The summed E-state index contributed by atoms with van der Waals surface area (Å²) in [5.41, 5.74) is 2.57. The number of thiazole rings is 1. The minimum absolute atomic E-state index is 0.123. The van der Waals surface area contributed by atoms with Crippen LogP contribution in [0.25, 0.3) is 0 Å². The zero-order chi connectivity index (χ0) is 21.5. The van der Waals surface area contributed by atoms with Crippen LogP contribution in [-0.2, 0) is 16.0 Å². The highest BCUT2D eigenvalue weighted by atomic mass is 32.1.